The van der Waals surface area contributed by atoms with Crippen molar-refractivity contribution in [2.45, 2.75) is 25.8 Å². The minimum absolute atomic E-state index is 0.0325. The number of halogens is 2. The Labute approximate surface area is 175 Å². The fourth-order valence-corrected chi connectivity index (χ4v) is 3.19. The second kappa shape index (κ2) is 9.33. The van der Waals surface area contributed by atoms with Crippen molar-refractivity contribution in [3.63, 3.8) is 0 Å². The van der Waals surface area contributed by atoms with Gasteiger partial charge in [0, 0.05) is 19.6 Å². The average Bonchev–Trinajstić information content (AvgIpc) is 3.01. The molecule has 1 unspecified atom stereocenters. The standard InChI is InChI=1S/C16H18Cl2N6O5/c1-9-13(24(26)27)15(22-23(9)11-3-6-28-8-12(11)25)29-5-2-4-19-14-10(17)7-20-16(18)21-14/h7,11H,2-6,8H2,1H3,(H,19,20,21). The number of carbonyl (C=O) groups excluding carboxylic acids is 1. The van der Waals surface area contributed by atoms with E-state index in [1.54, 1.807) is 6.92 Å². The monoisotopic (exact) mass is 444 g/mol. The molecule has 0 spiro atoms. The van der Waals surface area contributed by atoms with Crippen LogP contribution in [-0.2, 0) is 9.53 Å². The Kier molecular flexibility index (Phi) is 6.83. The lowest BCUT2D eigenvalue weighted by Crippen LogP contribution is -2.31. The molecule has 3 heterocycles. The zero-order chi connectivity index (χ0) is 21.0. The quantitative estimate of drug-likeness (QED) is 0.282. The van der Waals surface area contributed by atoms with E-state index in [-0.39, 0.29) is 41.5 Å². The molecule has 0 saturated carbocycles. The first kappa shape index (κ1) is 21.2. The minimum Gasteiger partial charge on any atom is -0.472 e. The van der Waals surface area contributed by atoms with E-state index in [0.29, 0.717) is 36.8 Å². The van der Waals surface area contributed by atoms with Crippen molar-refractivity contribution in [2.75, 3.05) is 31.7 Å². The predicted octanol–water partition coefficient (Wildman–Crippen LogP) is 2.61. The number of ketones is 1. The Balaban J connectivity index is 1.62. The molecule has 1 saturated heterocycles. The topological polar surface area (TPSA) is 134 Å². The van der Waals surface area contributed by atoms with Crippen LogP contribution in [0.5, 0.6) is 5.88 Å². The van der Waals surface area contributed by atoms with E-state index in [1.165, 1.54) is 10.9 Å². The van der Waals surface area contributed by atoms with Crippen LogP contribution in [0.25, 0.3) is 0 Å². The predicted molar refractivity (Wildman–Crippen MR) is 104 cm³/mol. The number of rotatable bonds is 8. The van der Waals surface area contributed by atoms with Gasteiger partial charge in [0.1, 0.15) is 29.2 Å². The molecule has 1 aliphatic rings. The van der Waals surface area contributed by atoms with Crippen LogP contribution >= 0.6 is 23.2 Å². The van der Waals surface area contributed by atoms with Crippen LogP contribution in [0.4, 0.5) is 11.5 Å². The number of ether oxygens (including phenoxy) is 2. The summed E-state index contributed by atoms with van der Waals surface area (Å²) in [6, 6.07) is -0.592. The van der Waals surface area contributed by atoms with E-state index in [2.05, 4.69) is 20.4 Å². The van der Waals surface area contributed by atoms with Gasteiger partial charge in [-0.25, -0.2) is 9.67 Å². The lowest BCUT2D eigenvalue weighted by atomic mass is 10.1. The van der Waals surface area contributed by atoms with Gasteiger partial charge in [-0.15, -0.1) is 5.10 Å². The maximum atomic E-state index is 12.1. The maximum Gasteiger partial charge on any atom is 0.352 e. The van der Waals surface area contributed by atoms with E-state index in [9.17, 15) is 14.9 Å². The molecule has 0 amide bonds. The lowest BCUT2D eigenvalue weighted by Gasteiger charge is -2.21. The van der Waals surface area contributed by atoms with Gasteiger partial charge in [0.2, 0.25) is 5.28 Å². The van der Waals surface area contributed by atoms with Crippen molar-refractivity contribution in [1.82, 2.24) is 19.7 Å². The first-order valence-electron chi connectivity index (χ1n) is 8.77. The Morgan fingerprint density at radius 1 is 1.48 bits per heavy atom. The van der Waals surface area contributed by atoms with Gasteiger partial charge < -0.3 is 14.8 Å². The molecular formula is C16H18Cl2N6O5. The summed E-state index contributed by atoms with van der Waals surface area (Å²) in [4.78, 5) is 30.7. The third kappa shape index (κ3) is 4.92. The van der Waals surface area contributed by atoms with Crippen molar-refractivity contribution in [2.24, 2.45) is 0 Å². The number of nitrogens with one attached hydrogen (secondary N) is 1. The van der Waals surface area contributed by atoms with Crippen LogP contribution in [0.3, 0.4) is 0 Å². The van der Waals surface area contributed by atoms with Gasteiger partial charge in [0.05, 0.1) is 17.7 Å². The first-order valence-corrected chi connectivity index (χ1v) is 9.52. The molecule has 2 aromatic heterocycles. The highest BCUT2D eigenvalue weighted by Gasteiger charge is 2.33. The molecule has 0 aliphatic carbocycles. The Bertz CT molecular complexity index is 921. The molecular weight excluding hydrogens is 427 g/mol. The zero-order valence-corrected chi connectivity index (χ0v) is 16.9. The summed E-state index contributed by atoms with van der Waals surface area (Å²) in [7, 11) is 0. The number of carbonyl (C=O) groups is 1. The largest absolute Gasteiger partial charge is 0.472 e. The maximum absolute atomic E-state index is 12.1. The van der Waals surface area contributed by atoms with Gasteiger partial charge in [-0.3, -0.25) is 14.9 Å². The van der Waals surface area contributed by atoms with E-state index >= 15 is 0 Å². The lowest BCUT2D eigenvalue weighted by molar-refractivity contribution is -0.386. The minimum atomic E-state index is -0.592. The van der Waals surface area contributed by atoms with Crippen molar-refractivity contribution in [3.8, 4) is 5.88 Å². The van der Waals surface area contributed by atoms with Gasteiger partial charge in [-0.1, -0.05) is 11.6 Å². The average molecular weight is 445 g/mol. The number of hydrogen-bond acceptors (Lipinski definition) is 9. The number of hydrogen-bond donors (Lipinski definition) is 1. The Morgan fingerprint density at radius 2 is 2.28 bits per heavy atom. The summed E-state index contributed by atoms with van der Waals surface area (Å²) in [5.74, 6) is 0.0959. The van der Waals surface area contributed by atoms with Gasteiger partial charge in [-0.05, 0) is 24.9 Å². The summed E-state index contributed by atoms with van der Waals surface area (Å²) in [5, 5.41) is 19.0. The highest BCUT2D eigenvalue weighted by atomic mass is 35.5. The summed E-state index contributed by atoms with van der Waals surface area (Å²) in [6.07, 6.45) is 2.27. The molecule has 0 bridgehead atoms. The Hall–Kier alpha value is -2.50. The van der Waals surface area contributed by atoms with Gasteiger partial charge >= 0.3 is 11.6 Å². The molecule has 11 nitrogen and oxygen atoms in total. The molecule has 0 radical (unpaired) electrons. The van der Waals surface area contributed by atoms with Crippen LogP contribution in [-0.4, -0.2) is 56.8 Å². The summed E-state index contributed by atoms with van der Waals surface area (Å²) in [6.45, 7) is 2.49. The molecule has 156 valence electrons. The first-order chi connectivity index (χ1) is 13.9. The number of anilines is 1. The summed E-state index contributed by atoms with van der Waals surface area (Å²) >= 11 is 11.7. The van der Waals surface area contributed by atoms with E-state index in [0.717, 1.165) is 0 Å². The SMILES string of the molecule is Cc1c([N+](=O)[O-])c(OCCCNc2nc(Cl)ncc2Cl)nn1C1CCOCC1=O. The molecule has 1 atom stereocenters. The molecule has 1 N–H and O–H groups in total. The third-order valence-electron chi connectivity index (χ3n) is 4.28. The number of nitrogens with zero attached hydrogens (tertiary/aromatic N) is 5. The highest BCUT2D eigenvalue weighted by molar-refractivity contribution is 6.33. The molecule has 0 aromatic carbocycles. The van der Waals surface area contributed by atoms with Gasteiger partial charge in [-0.2, -0.15) is 4.98 Å². The molecule has 1 aliphatic heterocycles. The van der Waals surface area contributed by atoms with Crippen LogP contribution in [0.1, 0.15) is 24.6 Å². The second-order valence-electron chi connectivity index (χ2n) is 6.23. The molecule has 3 rings (SSSR count). The van der Waals surface area contributed by atoms with Crippen LogP contribution in [0.2, 0.25) is 10.3 Å². The highest BCUT2D eigenvalue weighted by Crippen LogP contribution is 2.33. The zero-order valence-electron chi connectivity index (χ0n) is 15.4. The summed E-state index contributed by atoms with van der Waals surface area (Å²) in [5.41, 5.74) is 0.0219. The number of Topliss-reactive ketones (excluding diaryl/α,β-unsaturated/α-hetero) is 1. The molecule has 1 fully saturated rings. The normalized spacial score (nSPS) is 16.7. The van der Waals surface area contributed by atoms with Crippen molar-refractivity contribution >= 4 is 40.5 Å². The van der Waals surface area contributed by atoms with Crippen LogP contribution in [0.15, 0.2) is 6.20 Å². The number of nitro groups is 1. The molecule has 29 heavy (non-hydrogen) atoms. The van der Waals surface area contributed by atoms with Gasteiger partial charge in [0.15, 0.2) is 5.78 Å². The van der Waals surface area contributed by atoms with E-state index in [1.807, 2.05) is 0 Å². The fourth-order valence-electron chi connectivity index (χ4n) is 2.90. The number of aromatic nitrogens is 4. The van der Waals surface area contributed by atoms with Crippen molar-refractivity contribution in [1.29, 1.82) is 0 Å². The van der Waals surface area contributed by atoms with Crippen molar-refractivity contribution in [3.05, 3.63) is 32.3 Å². The summed E-state index contributed by atoms with van der Waals surface area (Å²) < 4.78 is 12.0. The van der Waals surface area contributed by atoms with Crippen LogP contribution < -0.4 is 10.1 Å². The molecule has 13 heteroatoms. The van der Waals surface area contributed by atoms with E-state index in [4.69, 9.17) is 32.7 Å². The van der Waals surface area contributed by atoms with Gasteiger partial charge in [0.25, 0.3) is 0 Å². The third-order valence-corrected chi connectivity index (χ3v) is 4.74. The van der Waals surface area contributed by atoms with Crippen molar-refractivity contribution < 1.29 is 19.2 Å². The molecule has 2 aromatic rings. The van der Waals surface area contributed by atoms with Crippen LogP contribution in [0, 0.1) is 17.0 Å². The smallest absolute Gasteiger partial charge is 0.352 e. The fraction of sp³-hybridized carbons (Fsp3) is 0.500. The Morgan fingerprint density at radius 3 is 3.00 bits per heavy atom. The van der Waals surface area contributed by atoms with E-state index < -0.39 is 11.0 Å². The second-order valence-corrected chi connectivity index (χ2v) is 6.97.